The summed E-state index contributed by atoms with van der Waals surface area (Å²) in [5.41, 5.74) is 0.972. The molecule has 0 aromatic heterocycles. The van der Waals surface area contributed by atoms with E-state index in [4.69, 9.17) is 4.74 Å². The summed E-state index contributed by atoms with van der Waals surface area (Å²) in [6.45, 7) is 2.82. The number of ether oxygens (including phenoxy) is 1. The number of unbranched alkanes of at least 4 members (excludes halogenated alkanes) is 1. The summed E-state index contributed by atoms with van der Waals surface area (Å²) in [5, 5.41) is 2.81. The summed E-state index contributed by atoms with van der Waals surface area (Å²) < 4.78 is 32.8. The summed E-state index contributed by atoms with van der Waals surface area (Å²) in [6, 6.07) is 14.4. The molecule has 0 radical (unpaired) electrons. The van der Waals surface area contributed by atoms with Crippen molar-refractivity contribution in [2.45, 2.75) is 56.4 Å². The quantitative estimate of drug-likeness (QED) is 0.449. The Morgan fingerprint density at radius 2 is 1.78 bits per heavy atom. The smallest absolute Gasteiger partial charge is 0.338 e. The number of hydrogen-bond acceptors (Lipinski definition) is 5. The van der Waals surface area contributed by atoms with E-state index in [9.17, 15) is 18.0 Å². The van der Waals surface area contributed by atoms with Crippen molar-refractivity contribution in [3.05, 3.63) is 60.2 Å². The van der Waals surface area contributed by atoms with Gasteiger partial charge in [0.15, 0.2) is 0 Å². The number of sulfonamides is 1. The number of rotatable bonds is 9. The lowest BCUT2D eigenvalue weighted by Gasteiger charge is -2.34. The highest BCUT2D eigenvalue weighted by Crippen LogP contribution is 2.27. The Kier molecular flexibility index (Phi) is 8.41. The van der Waals surface area contributed by atoms with Crippen LogP contribution in [0.3, 0.4) is 0 Å². The standard InChI is InChI=1S/C24H30N2O5S/c1-2-3-17-31-24(28)19-12-14-20(15-13-19)25-23(27)18-21-9-7-8-16-26(21)32(29,30)22-10-5-4-6-11-22/h4-6,10-15,21H,2-3,7-9,16-18H2,1H3,(H,25,27)/t21-/m0/s1. The molecule has 1 fully saturated rings. The molecule has 172 valence electrons. The Balaban J connectivity index is 1.61. The van der Waals surface area contributed by atoms with Crippen LogP contribution >= 0.6 is 0 Å². The van der Waals surface area contributed by atoms with Gasteiger partial charge in [-0.3, -0.25) is 4.79 Å². The van der Waals surface area contributed by atoms with Gasteiger partial charge in [-0.15, -0.1) is 0 Å². The number of amides is 1. The molecule has 7 nitrogen and oxygen atoms in total. The Labute approximate surface area is 189 Å². The molecule has 0 bridgehead atoms. The number of carbonyl (C=O) groups is 2. The van der Waals surface area contributed by atoms with Gasteiger partial charge in [0.05, 0.1) is 17.1 Å². The van der Waals surface area contributed by atoms with Crippen LogP contribution < -0.4 is 5.32 Å². The minimum atomic E-state index is -3.65. The molecule has 1 atom stereocenters. The van der Waals surface area contributed by atoms with E-state index < -0.39 is 10.0 Å². The van der Waals surface area contributed by atoms with Crippen molar-refractivity contribution >= 4 is 27.6 Å². The van der Waals surface area contributed by atoms with Gasteiger partial charge in [0.1, 0.15) is 0 Å². The molecule has 0 saturated carbocycles. The Hall–Kier alpha value is -2.71. The van der Waals surface area contributed by atoms with Crippen LogP contribution in [0, 0.1) is 0 Å². The second-order valence-corrected chi connectivity index (χ2v) is 9.79. The molecule has 3 rings (SSSR count). The van der Waals surface area contributed by atoms with E-state index in [0.29, 0.717) is 30.8 Å². The molecular formula is C24H30N2O5S. The van der Waals surface area contributed by atoms with Crippen molar-refractivity contribution in [3.63, 3.8) is 0 Å². The van der Waals surface area contributed by atoms with Crippen molar-refractivity contribution in [2.24, 2.45) is 0 Å². The van der Waals surface area contributed by atoms with Gasteiger partial charge in [0.2, 0.25) is 15.9 Å². The van der Waals surface area contributed by atoms with Crippen LogP contribution in [0.25, 0.3) is 0 Å². The van der Waals surface area contributed by atoms with E-state index in [1.54, 1.807) is 54.6 Å². The molecule has 1 saturated heterocycles. The number of esters is 1. The summed E-state index contributed by atoms with van der Waals surface area (Å²) in [6.07, 6.45) is 4.14. The van der Waals surface area contributed by atoms with Gasteiger partial charge in [0, 0.05) is 24.7 Å². The molecule has 2 aromatic rings. The Bertz CT molecular complexity index is 1010. The van der Waals surface area contributed by atoms with Crippen molar-refractivity contribution in [1.82, 2.24) is 4.31 Å². The van der Waals surface area contributed by atoms with Crippen molar-refractivity contribution < 1.29 is 22.7 Å². The maximum atomic E-state index is 13.1. The van der Waals surface area contributed by atoms with Crippen molar-refractivity contribution in [3.8, 4) is 0 Å². The number of piperidine rings is 1. The lowest BCUT2D eigenvalue weighted by atomic mass is 10.0. The van der Waals surface area contributed by atoms with Crippen LogP contribution in [0.2, 0.25) is 0 Å². The van der Waals surface area contributed by atoms with Crippen LogP contribution in [0.4, 0.5) is 5.69 Å². The van der Waals surface area contributed by atoms with Crippen molar-refractivity contribution in [1.29, 1.82) is 0 Å². The molecule has 1 amide bonds. The third-order valence-electron chi connectivity index (χ3n) is 5.48. The minimum absolute atomic E-state index is 0.0763. The Morgan fingerprint density at radius 1 is 1.06 bits per heavy atom. The predicted octanol–water partition coefficient (Wildman–Crippen LogP) is 4.22. The molecule has 1 N–H and O–H groups in total. The first kappa shape index (κ1) is 23.9. The summed E-state index contributed by atoms with van der Waals surface area (Å²) in [5.74, 6) is -0.649. The zero-order valence-electron chi connectivity index (χ0n) is 18.3. The van der Waals surface area contributed by atoms with Gasteiger partial charge >= 0.3 is 5.97 Å². The molecule has 32 heavy (non-hydrogen) atoms. The molecule has 0 aliphatic carbocycles. The molecule has 1 aliphatic rings. The number of hydrogen-bond donors (Lipinski definition) is 1. The second-order valence-electron chi connectivity index (χ2n) is 7.90. The van der Waals surface area contributed by atoms with Gasteiger partial charge in [-0.05, 0) is 55.7 Å². The van der Waals surface area contributed by atoms with E-state index in [0.717, 1.165) is 25.7 Å². The topological polar surface area (TPSA) is 92.8 Å². The predicted molar refractivity (Wildman–Crippen MR) is 123 cm³/mol. The zero-order chi connectivity index (χ0) is 23.0. The number of anilines is 1. The molecule has 1 aliphatic heterocycles. The van der Waals surface area contributed by atoms with Gasteiger partial charge in [-0.1, -0.05) is 38.0 Å². The third-order valence-corrected chi connectivity index (χ3v) is 7.45. The fourth-order valence-corrected chi connectivity index (χ4v) is 5.44. The second kappa shape index (κ2) is 11.2. The molecular weight excluding hydrogens is 428 g/mol. The van der Waals surface area contributed by atoms with Gasteiger partial charge < -0.3 is 10.1 Å². The van der Waals surface area contributed by atoms with E-state index in [1.165, 1.54) is 4.31 Å². The molecule has 1 heterocycles. The maximum absolute atomic E-state index is 13.1. The summed E-state index contributed by atoms with van der Waals surface area (Å²) in [4.78, 5) is 24.9. The first-order valence-electron chi connectivity index (χ1n) is 11.1. The SMILES string of the molecule is CCCCOC(=O)c1ccc(NC(=O)C[C@@H]2CCCCN2S(=O)(=O)c2ccccc2)cc1. The number of nitrogens with zero attached hydrogens (tertiary/aromatic N) is 1. The monoisotopic (exact) mass is 458 g/mol. The van der Waals surface area contributed by atoms with Crippen LogP contribution in [-0.4, -0.2) is 43.8 Å². The van der Waals surface area contributed by atoms with Gasteiger partial charge in [-0.25, -0.2) is 13.2 Å². The van der Waals surface area contributed by atoms with E-state index in [1.807, 2.05) is 6.92 Å². The third kappa shape index (κ3) is 6.17. The summed E-state index contributed by atoms with van der Waals surface area (Å²) in [7, 11) is -3.65. The van der Waals surface area contributed by atoms with E-state index >= 15 is 0 Å². The first-order chi connectivity index (χ1) is 15.4. The van der Waals surface area contributed by atoms with Gasteiger partial charge in [0.25, 0.3) is 0 Å². The van der Waals surface area contributed by atoms with Crippen LogP contribution in [-0.2, 0) is 19.6 Å². The Morgan fingerprint density at radius 3 is 2.47 bits per heavy atom. The average molecular weight is 459 g/mol. The normalized spacial score (nSPS) is 17.0. The largest absolute Gasteiger partial charge is 0.462 e. The number of carbonyl (C=O) groups excluding carboxylic acids is 2. The fraction of sp³-hybridized carbons (Fsp3) is 0.417. The number of nitrogens with one attached hydrogen (secondary N) is 1. The average Bonchev–Trinajstić information content (AvgIpc) is 2.80. The maximum Gasteiger partial charge on any atom is 0.338 e. The highest BCUT2D eigenvalue weighted by molar-refractivity contribution is 7.89. The zero-order valence-corrected chi connectivity index (χ0v) is 19.1. The van der Waals surface area contributed by atoms with Crippen molar-refractivity contribution in [2.75, 3.05) is 18.5 Å². The van der Waals surface area contributed by atoms with Crippen LogP contribution in [0.1, 0.15) is 55.8 Å². The molecule has 0 unspecified atom stereocenters. The number of benzene rings is 2. The lowest BCUT2D eigenvalue weighted by molar-refractivity contribution is -0.117. The fourth-order valence-electron chi connectivity index (χ4n) is 3.73. The van der Waals surface area contributed by atoms with Crippen LogP contribution in [0.15, 0.2) is 59.5 Å². The van der Waals surface area contributed by atoms with Gasteiger partial charge in [-0.2, -0.15) is 4.31 Å². The molecule has 8 heteroatoms. The lowest BCUT2D eigenvalue weighted by Crippen LogP contribution is -2.45. The first-order valence-corrected chi connectivity index (χ1v) is 12.5. The highest BCUT2D eigenvalue weighted by Gasteiger charge is 2.34. The van der Waals surface area contributed by atoms with Crippen LogP contribution in [0.5, 0.6) is 0 Å². The summed E-state index contributed by atoms with van der Waals surface area (Å²) >= 11 is 0. The highest BCUT2D eigenvalue weighted by atomic mass is 32.2. The minimum Gasteiger partial charge on any atom is -0.462 e. The van der Waals surface area contributed by atoms with E-state index in [-0.39, 0.29) is 29.2 Å². The molecule has 2 aromatic carbocycles. The molecule has 0 spiro atoms. The van der Waals surface area contributed by atoms with E-state index in [2.05, 4.69) is 5.32 Å².